The number of hydrogen-bond donors (Lipinski definition) is 0. The Balaban J connectivity index is 3.27. The molecule has 0 aromatic heterocycles. The highest BCUT2D eigenvalue weighted by atomic mass is 16.5. The van der Waals surface area contributed by atoms with Crippen LogP contribution >= 0.6 is 0 Å². The van der Waals surface area contributed by atoms with Gasteiger partial charge in [-0.05, 0) is 20.4 Å². The van der Waals surface area contributed by atoms with Crippen molar-refractivity contribution >= 4 is 11.8 Å². The van der Waals surface area contributed by atoms with Crippen molar-refractivity contribution < 1.29 is 14.3 Å². The van der Waals surface area contributed by atoms with E-state index in [1.165, 1.54) is 0 Å². The number of Topliss-reactive ketones (excluding diaryl/α,β-unsaturated/α-hetero) is 1. The molecule has 0 aromatic rings. The lowest BCUT2D eigenvalue weighted by molar-refractivity contribution is -0.163. The van der Waals surface area contributed by atoms with Gasteiger partial charge in [-0.2, -0.15) is 0 Å². The maximum atomic E-state index is 12.6. The Hall–Kier alpha value is -1.16. The first-order valence-electron chi connectivity index (χ1n) is 6.48. The molecule has 1 fully saturated rings. The zero-order valence-corrected chi connectivity index (χ0v) is 11.7. The highest BCUT2D eigenvalue weighted by Gasteiger charge is 2.58. The van der Waals surface area contributed by atoms with Crippen molar-refractivity contribution in [2.45, 2.75) is 32.7 Å². The average molecular weight is 253 g/mol. The van der Waals surface area contributed by atoms with Crippen LogP contribution in [0.4, 0.5) is 0 Å². The molecule has 0 saturated carbocycles. The number of carbonyl (C=O) groups excluding carboxylic acids is 2. The molecule has 0 bridgehead atoms. The van der Waals surface area contributed by atoms with Gasteiger partial charge in [-0.15, -0.1) is 6.58 Å². The molecular formula is C14H23NO3. The van der Waals surface area contributed by atoms with E-state index in [0.29, 0.717) is 6.54 Å². The smallest absolute Gasteiger partial charge is 0.334 e. The quantitative estimate of drug-likeness (QED) is 0.424. The van der Waals surface area contributed by atoms with E-state index < -0.39 is 11.5 Å². The maximum absolute atomic E-state index is 12.6. The van der Waals surface area contributed by atoms with Crippen molar-refractivity contribution in [1.82, 2.24) is 4.90 Å². The van der Waals surface area contributed by atoms with Crippen LogP contribution in [-0.4, -0.2) is 42.4 Å². The molecular weight excluding hydrogens is 230 g/mol. The van der Waals surface area contributed by atoms with E-state index in [4.69, 9.17) is 4.74 Å². The molecule has 1 aliphatic rings. The molecule has 1 rings (SSSR count). The van der Waals surface area contributed by atoms with Gasteiger partial charge in [0.15, 0.2) is 11.3 Å². The molecule has 102 valence electrons. The van der Waals surface area contributed by atoms with E-state index in [2.05, 4.69) is 6.58 Å². The van der Waals surface area contributed by atoms with Crippen LogP contribution in [0.5, 0.6) is 0 Å². The second kappa shape index (κ2) is 5.65. The fourth-order valence-electron chi connectivity index (χ4n) is 2.75. The van der Waals surface area contributed by atoms with Crippen LogP contribution in [0.1, 0.15) is 27.2 Å². The molecule has 18 heavy (non-hydrogen) atoms. The molecule has 0 aliphatic carbocycles. The number of esters is 1. The van der Waals surface area contributed by atoms with Crippen LogP contribution < -0.4 is 0 Å². The lowest BCUT2D eigenvalue weighted by Gasteiger charge is -2.36. The molecule has 4 heteroatoms. The van der Waals surface area contributed by atoms with E-state index in [9.17, 15) is 9.59 Å². The number of hydrogen-bond acceptors (Lipinski definition) is 4. The Morgan fingerprint density at radius 1 is 1.56 bits per heavy atom. The number of ketones is 1. The average Bonchev–Trinajstić information content (AvgIpc) is 2.66. The third-order valence-electron chi connectivity index (χ3n) is 3.69. The minimum Gasteiger partial charge on any atom is -0.464 e. The molecule has 0 N–H and O–H groups in total. The topological polar surface area (TPSA) is 46.6 Å². The van der Waals surface area contributed by atoms with Gasteiger partial charge in [0.25, 0.3) is 0 Å². The predicted molar refractivity (Wildman–Crippen MR) is 70.1 cm³/mol. The van der Waals surface area contributed by atoms with E-state index in [1.807, 2.05) is 18.7 Å². The summed E-state index contributed by atoms with van der Waals surface area (Å²) < 4.78 is 5.15. The minimum absolute atomic E-state index is 0.0779. The summed E-state index contributed by atoms with van der Waals surface area (Å²) in [4.78, 5) is 26.8. The third-order valence-corrected chi connectivity index (χ3v) is 3.69. The van der Waals surface area contributed by atoms with Gasteiger partial charge >= 0.3 is 5.97 Å². The van der Waals surface area contributed by atoms with Gasteiger partial charge in [0.2, 0.25) is 0 Å². The number of rotatable bonds is 5. The van der Waals surface area contributed by atoms with Crippen LogP contribution in [0.2, 0.25) is 0 Å². The van der Waals surface area contributed by atoms with Gasteiger partial charge in [-0.25, -0.2) is 4.79 Å². The first-order chi connectivity index (χ1) is 8.42. The largest absolute Gasteiger partial charge is 0.464 e. The summed E-state index contributed by atoms with van der Waals surface area (Å²) in [6, 6.07) is 0. The monoisotopic (exact) mass is 253 g/mol. The predicted octanol–water partition coefficient (Wildman–Crippen LogP) is 1.65. The van der Waals surface area contributed by atoms with Crippen LogP contribution in [0.15, 0.2) is 12.7 Å². The van der Waals surface area contributed by atoms with Crippen LogP contribution in [0.3, 0.4) is 0 Å². The Morgan fingerprint density at radius 3 is 2.61 bits per heavy atom. The summed E-state index contributed by atoms with van der Waals surface area (Å²) in [6.45, 7) is 10.1. The number of ether oxygens (including phenoxy) is 1. The summed E-state index contributed by atoms with van der Waals surface area (Å²) in [5.41, 5.74) is -1.17. The Bertz CT molecular complexity index is 351. The molecule has 0 unspecified atom stereocenters. The fraction of sp³-hybridized carbons (Fsp3) is 0.714. The highest BCUT2D eigenvalue weighted by molar-refractivity contribution is 6.10. The molecule has 1 aliphatic heterocycles. The summed E-state index contributed by atoms with van der Waals surface area (Å²) in [7, 11) is 1.81. The molecule has 2 atom stereocenters. The normalized spacial score (nSPS) is 28.4. The molecule has 1 saturated heterocycles. The minimum atomic E-state index is -1.17. The third kappa shape index (κ3) is 2.09. The van der Waals surface area contributed by atoms with Gasteiger partial charge < -0.3 is 4.74 Å². The Kier molecular flexibility index (Phi) is 4.68. The summed E-state index contributed by atoms with van der Waals surface area (Å²) >= 11 is 0. The summed E-state index contributed by atoms with van der Waals surface area (Å²) in [5, 5.41) is 0. The highest BCUT2D eigenvalue weighted by Crippen LogP contribution is 2.38. The van der Waals surface area contributed by atoms with E-state index >= 15 is 0 Å². The van der Waals surface area contributed by atoms with Crippen molar-refractivity contribution in [2.24, 2.45) is 11.8 Å². The zero-order chi connectivity index (χ0) is 13.9. The van der Waals surface area contributed by atoms with Crippen LogP contribution in [-0.2, 0) is 14.3 Å². The first-order valence-corrected chi connectivity index (χ1v) is 6.48. The first kappa shape index (κ1) is 14.9. The number of carbonyl (C=O) groups is 2. The van der Waals surface area contributed by atoms with Crippen molar-refractivity contribution in [3.05, 3.63) is 12.7 Å². The van der Waals surface area contributed by atoms with Gasteiger partial charge in [-0.1, -0.05) is 19.9 Å². The van der Waals surface area contributed by atoms with Crippen molar-refractivity contribution in [3.8, 4) is 0 Å². The number of nitrogens with zero attached hydrogens (tertiary/aromatic N) is 1. The lowest BCUT2D eigenvalue weighted by atomic mass is 9.77. The molecule has 4 nitrogen and oxygen atoms in total. The second-order valence-electron chi connectivity index (χ2n) is 5.06. The van der Waals surface area contributed by atoms with Crippen molar-refractivity contribution in [1.29, 1.82) is 0 Å². The van der Waals surface area contributed by atoms with Gasteiger partial charge in [0.1, 0.15) is 0 Å². The molecule has 0 aromatic carbocycles. The van der Waals surface area contributed by atoms with E-state index in [-0.39, 0.29) is 24.2 Å². The molecule has 0 radical (unpaired) electrons. The lowest BCUT2D eigenvalue weighted by Crippen LogP contribution is -2.60. The maximum Gasteiger partial charge on any atom is 0.334 e. The van der Waals surface area contributed by atoms with Crippen molar-refractivity contribution in [2.75, 3.05) is 20.2 Å². The zero-order valence-electron chi connectivity index (χ0n) is 11.7. The number of likely N-dealkylation sites (N-methyl/N-ethyl adjacent to an activating group) is 1. The van der Waals surface area contributed by atoms with Gasteiger partial charge in [0.05, 0.1) is 6.61 Å². The summed E-state index contributed by atoms with van der Waals surface area (Å²) in [5.74, 6) is -0.895. The SMILES string of the molecule is C=C[C@@H]1CCN(C)[C@@]1(C(=O)OCC)C(=O)C(C)C. The van der Waals surface area contributed by atoms with E-state index in [0.717, 1.165) is 6.42 Å². The van der Waals surface area contributed by atoms with Crippen LogP contribution in [0, 0.1) is 11.8 Å². The number of likely N-dealkylation sites (tertiary alicyclic amines) is 1. The molecule has 1 heterocycles. The van der Waals surface area contributed by atoms with Crippen LogP contribution in [0.25, 0.3) is 0 Å². The fourth-order valence-corrected chi connectivity index (χ4v) is 2.75. The molecule has 0 spiro atoms. The molecule has 0 amide bonds. The summed E-state index contributed by atoms with van der Waals surface area (Å²) in [6.07, 6.45) is 2.47. The standard InChI is InChI=1S/C14H23NO3/c1-6-11-8-9-15(5)14(11,12(16)10(3)4)13(17)18-7-2/h6,10-11H,1,7-9H2,2-5H3/t11-,14-/m1/s1. The van der Waals surface area contributed by atoms with Gasteiger partial charge in [-0.3, -0.25) is 9.69 Å². The van der Waals surface area contributed by atoms with Crippen molar-refractivity contribution in [3.63, 3.8) is 0 Å². The van der Waals surface area contributed by atoms with Gasteiger partial charge in [0, 0.05) is 18.4 Å². The Morgan fingerprint density at radius 2 is 2.17 bits per heavy atom. The Labute approximate surface area is 109 Å². The second-order valence-corrected chi connectivity index (χ2v) is 5.06. The van der Waals surface area contributed by atoms with E-state index in [1.54, 1.807) is 20.0 Å².